The molecule has 0 aromatic heterocycles. The molecule has 0 aliphatic rings. The van der Waals surface area contributed by atoms with Gasteiger partial charge in [0.25, 0.3) is 0 Å². The predicted octanol–water partition coefficient (Wildman–Crippen LogP) is 19.8. The smallest absolute Gasteiger partial charge is 0.0468 e. The van der Waals surface area contributed by atoms with Crippen molar-refractivity contribution in [3.8, 4) is 66.8 Å². The average molecular weight is 902 g/mol. The maximum atomic E-state index is 2.42. The lowest BCUT2D eigenvalue weighted by molar-refractivity contribution is 1.29. The second-order valence-electron chi connectivity index (χ2n) is 18.4. The van der Waals surface area contributed by atoms with E-state index >= 15 is 0 Å². The molecule has 13 aromatic carbocycles. The largest absolute Gasteiger partial charge is 0.310 e. The lowest BCUT2D eigenvalue weighted by Crippen LogP contribution is -2.10. The van der Waals surface area contributed by atoms with Crippen LogP contribution in [0.15, 0.2) is 285 Å². The first kappa shape index (κ1) is 41.9. The van der Waals surface area contributed by atoms with Crippen molar-refractivity contribution in [1.29, 1.82) is 0 Å². The molecule has 0 saturated carbocycles. The Morgan fingerprint density at radius 3 is 1.35 bits per heavy atom. The van der Waals surface area contributed by atoms with Gasteiger partial charge in [-0.15, -0.1) is 0 Å². The van der Waals surface area contributed by atoms with Crippen molar-refractivity contribution in [3.63, 3.8) is 0 Å². The third-order valence-electron chi connectivity index (χ3n) is 14.2. The molecule has 0 radical (unpaired) electrons. The van der Waals surface area contributed by atoms with Gasteiger partial charge < -0.3 is 4.90 Å². The van der Waals surface area contributed by atoms with Gasteiger partial charge >= 0.3 is 0 Å². The van der Waals surface area contributed by atoms with Crippen molar-refractivity contribution < 1.29 is 0 Å². The second kappa shape index (κ2) is 18.0. The van der Waals surface area contributed by atoms with E-state index in [9.17, 15) is 0 Å². The van der Waals surface area contributed by atoms with E-state index in [2.05, 4.69) is 290 Å². The van der Waals surface area contributed by atoms with Crippen LogP contribution in [0.4, 0.5) is 17.1 Å². The molecule has 0 N–H and O–H groups in total. The van der Waals surface area contributed by atoms with Crippen LogP contribution in [-0.2, 0) is 0 Å². The van der Waals surface area contributed by atoms with Gasteiger partial charge in [0.1, 0.15) is 0 Å². The van der Waals surface area contributed by atoms with Crippen LogP contribution in [0.5, 0.6) is 0 Å². The Morgan fingerprint density at radius 2 is 0.620 bits per heavy atom. The topological polar surface area (TPSA) is 3.24 Å². The van der Waals surface area contributed by atoms with Crippen LogP contribution in [0.1, 0.15) is 0 Å². The van der Waals surface area contributed by atoms with Crippen molar-refractivity contribution >= 4 is 60.2 Å². The van der Waals surface area contributed by atoms with Gasteiger partial charge in [-0.1, -0.05) is 237 Å². The zero-order valence-corrected chi connectivity index (χ0v) is 39.1. The summed E-state index contributed by atoms with van der Waals surface area (Å²) in [6.07, 6.45) is 0. The lowest BCUT2D eigenvalue weighted by Gasteiger charge is -2.27. The molecular formula is C70H47N. The molecule has 0 heterocycles. The molecule has 0 aliphatic carbocycles. The molecule has 1 nitrogen and oxygen atoms in total. The summed E-state index contributed by atoms with van der Waals surface area (Å²) in [4.78, 5) is 2.40. The Labute approximate surface area is 414 Å². The third-order valence-corrected chi connectivity index (χ3v) is 14.2. The van der Waals surface area contributed by atoms with Gasteiger partial charge in [0.05, 0.1) is 0 Å². The Bertz CT molecular complexity index is 4060. The van der Waals surface area contributed by atoms with Gasteiger partial charge in [-0.3, -0.25) is 0 Å². The molecule has 0 fully saturated rings. The molecule has 13 rings (SSSR count). The maximum absolute atomic E-state index is 2.42. The maximum Gasteiger partial charge on any atom is 0.0468 e. The highest BCUT2D eigenvalue weighted by atomic mass is 15.1. The van der Waals surface area contributed by atoms with E-state index in [1.807, 2.05) is 0 Å². The highest BCUT2D eigenvalue weighted by Gasteiger charge is 2.20. The Morgan fingerprint density at radius 1 is 0.183 bits per heavy atom. The molecule has 13 aromatic rings. The molecule has 0 aliphatic heterocycles. The summed E-state index contributed by atoms with van der Waals surface area (Å²) in [7, 11) is 0. The molecule has 0 amide bonds. The molecule has 0 saturated heterocycles. The highest BCUT2D eigenvalue weighted by Crippen LogP contribution is 2.46. The Kier molecular flexibility index (Phi) is 10.6. The van der Waals surface area contributed by atoms with Gasteiger partial charge in [0.2, 0.25) is 0 Å². The van der Waals surface area contributed by atoms with E-state index in [0.29, 0.717) is 0 Å². The normalized spacial score (nSPS) is 11.4. The molecule has 0 spiro atoms. The number of hydrogen-bond donors (Lipinski definition) is 0. The van der Waals surface area contributed by atoms with Crippen molar-refractivity contribution in [1.82, 2.24) is 0 Å². The Balaban J connectivity index is 0.929. The van der Waals surface area contributed by atoms with Crippen LogP contribution in [0.25, 0.3) is 110 Å². The highest BCUT2D eigenvalue weighted by molar-refractivity contribution is 6.22. The van der Waals surface area contributed by atoms with Crippen molar-refractivity contribution in [2.75, 3.05) is 4.90 Å². The minimum absolute atomic E-state index is 1.09. The number of nitrogens with zero attached hydrogens (tertiary/aromatic N) is 1. The van der Waals surface area contributed by atoms with Crippen LogP contribution in [0.3, 0.4) is 0 Å². The molecule has 332 valence electrons. The SMILES string of the molecule is c1ccc(-c2ccc3cc(N(c4ccc(-c5ccc(-c6cccc7ccccc67)cc5)cc4)c4cccc(-c5ccc6c(c5)c(-c5ccccc5)c(-c5ccccc5)c5ccccc56)c4)ccc3c2)cc1. The van der Waals surface area contributed by atoms with Gasteiger partial charge in [0.15, 0.2) is 0 Å². The average Bonchev–Trinajstić information content (AvgIpc) is 3.45. The summed E-state index contributed by atoms with van der Waals surface area (Å²) >= 11 is 0. The quantitative estimate of drug-likeness (QED) is 0.131. The molecule has 71 heavy (non-hydrogen) atoms. The van der Waals surface area contributed by atoms with Crippen LogP contribution in [-0.4, -0.2) is 0 Å². The number of hydrogen-bond acceptors (Lipinski definition) is 1. The van der Waals surface area contributed by atoms with E-state index in [4.69, 9.17) is 0 Å². The number of fused-ring (bicyclic) bond motifs is 5. The summed E-state index contributed by atoms with van der Waals surface area (Å²) < 4.78 is 0. The van der Waals surface area contributed by atoms with Crippen molar-refractivity contribution in [2.45, 2.75) is 0 Å². The molecule has 0 atom stereocenters. The fourth-order valence-corrected chi connectivity index (χ4v) is 10.8. The first-order valence-corrected chi connectivity index (χ1v) is 24.5. The fourth-order valence-electron chi connectivity index (χ4n) is 10.8. The van der Waals surface area contributed by atoms with Crippen molar-refractivity contribution in [3.05, 3.63) is 285 Å². The summed E-state index contributed by atoms with van der Waals surface area (Å²) in [5, 5.41) is 9.91. The van der Waals surface area contributed by atoms with Gasteiger partial charge in [0, 0.05) is 17.1 Å². The standard InChI is InChI=1S/C70H47N/c1-4-16-48(17-5-1)56-34-35-58-46-62(42-38-57(58)44-56)71(60-40-36-50(37-41-60)49-30-32-52(33-31-49)64-29-15-23-51-18-10-11-26-63(51)64)61-25-14-24-55(45-61)59-39-43-66-65-27-12-13-28-67(65)69(53-19-6-2-7-20-53)70(68(66)47-59)54-21-8-3-9-22-54/h1-47H. The minimum atomic E-state index is 1.09. The molecule has 1 heteroatoms. The number of anilines is 3. The number of benzene rings is 13. The molecule has 0 unspecified atom stereocenters. The second-order valence-corrected chi connectivity index (χ2v) is 18.4. The first-order chi connectivity index (χ1) is 35.2. The van der Waals surface area contributed by atoms with Gasteiger partial charge in [-0.05, 0) is 158 Å². The predicted molar refractivity (Wildman–Crippen MR) is 304 cm³/mol. The summed E-state index contributed by atoms with van der Waals surface area (Å²) in [6, 6.07) is 104. The zero-order valence-electron chi connectivity index (χ0n) is 39.1. The third kappa shape index (κ3) is 7.80. The van der Waals surface area contributed by atoms with Crippen LogP contribution in [0, 0.1) is 0 Å². The summed E-state index contributed by atoms with van der Waals surface area (Å²) in [5.41, 5.74) is 17.8. The summed E-state index contributed by atoms with van der Waals surface area (Å²) in [6.45, 7) is 0. The lowest BCUT2D eigenvalue weighted by atomic mass is 9.84. The Hall–Kier alpha value is -9.30. The monoisotopic (exact) mass is 901 g/mol. The van der Waals surface area contributed by atoms with E-state index in [-0.39, 0.29) is 0 Å². The van der Waals surface area contributed by atoms with Gasteiger partial charge in [-0.2, -0.15) is 0 Å². The first-order valence-electron chi connectivity index (χ1n) is 24.5. The zero-order chi connectivity index (χ0) is 47.1. The molecule has 0 bridgehead atoms. The summed E-state index contributed by atoms with van der Waals surface area (Å²) in [5.74, 6) is 0. The van der Waals surface area contributed by atoms with Crippen molar-refractivity contribution in [2.24, 2.45) is 0 Å². The minimum Gasteiger partial charge on any atom is -0.310 e. The fraction of sp³-hybridized carbons (Fsp3) is 0. The van der Waals surface area contributed by atoms with E-state index in [0.717, 1.165) is 22.6 Å². The van der Waals surface area contributed by atoms with Crippen LogP contribution >= 0.6 is 0 Å². The van der Waals surface area contributed by atoms with Gasteiger partial charge in [-0.25, -0.2) is 0 Å². The van der Waals surface area contributed by atoms with E-state index in [1.54, 1.807) is 0 Å². The van der Waals surface area contributed by atoms with Crippen LogP contribution < -0.4 is 4.90 Å². The van der Waals surface area contributed by atoms with E-state index < -0.39 is 0 Å². The number of rotatable bonds is 9. The van der Waals surface area contributed by atoms with E-state index in [1.165, 1.54) is 104 Å². The molecular weight excluding hydrogens is 855 g/mol. The van der Waals surface area contributed by atoms with Crippen LogP contribution in [0.2, 0.25) is 0 Å².